The molecule has 248 valence electrons. The van der Waals surface area contributed by atoms with E-state index in [0.717, 1.165) is 95.2 Å². The van der Waals surface area contributed by atoms with Crippen molar-refractivity contribution in [3.63, 3.8) is 0 Å². The number of hydrogen-bond donors (Lipinski definition) is 0. The summed E-state index contributed by atoms with van der Waals surface area (Å²) < 4.78 is 26.4. The summed E-state index contributed by atoms with van der Waals surface area (Å²) in [5, 5.41) is 0. The van der Waals surface area contributed by atoms with Crippen LogP contribution >= 0.6 is 0 Å². The predicted molar refractivity (Wildman–Crippen MR) is 174 cm³/mol. The Hall–Kier alpha value is -2.34. The molecule has 2 unspecified atom stereocenters. The second-order valence-corrected chi connectivity index (χ2v) is 15.0. The van der Waals surface area contributed by atoms with Crippen LogP contribution in [0.4, 0.5) is 0 Å². The van der Waals surface area contributed by atoms with Crippen molar-refractivity contribution in [2.75, 3.05) is 6.61 Å². The summed E-state index contributed by atoms with van der Waals surface area (Å²) in [5.41, 5.74) is -0.851. The Labute approximate surface area is 270 Å². The Morgan fingerprint density at radius 2 is 1.33 bits per heavy atom. The highest BCUT2D eigenvalue weighted by Gasteiger charge is 2.57. The molecular formula is C39H56O6. The van der Waals surface area contributed by atoms with Crippen LogP contribution in [0.15, 0.2) is 41.4 Å². The Morgan fingerprint density at radius 3 is 1.89 bits per heavy atom. The molecule has 45 heavy (non-hydrogen) atoms. The van der Waals surface area contributed by atoms with Gasteiger partial charge in [-0.25, -0.2) is 9.59 Å². The lowest BCUT2D eigenvalue weighted by molar-refractivity contribution is -0.205. The zero-order chi connectivity index (χ0) is 31.4. The lowest BCUT2D eigenvalue weighted by Crippen LogP contribution is -2.58. The van der Waals surface area contributed by atoms with E-state index in [0.29, 0.717) is 17.4 Å². The van der Waals surface area contributed by atoms with Crippen molar-refractivity contribution in [2.24, 2.45) is 23.7 Å². The molecule has 0 bridgehead atoms. The Bertz CT molecular complexity index is 1170. The molecule has 5 fully saturated rings. The number of carbonyl (C=O) groups is 2. The molecule has 6 heteroatoms. The fourth-order valence-electron chi connectivity index (χ4n) is 10.3. The zero-order valence-corrected chi connectivity index (χ0v) is 27.7. The van der Waals surface area contributed by atoms with E-state index >= 15 is 0 Å². The van der Waals surface area contributed by atoms with Gasteiger partial charge in [-0.05, 0) is 96.1 Å². The van der Waals surface area contributed by atoms with Crippen LogP contribution in [-0.2, 0) is 29.4 Å². The molecule has 6 rings (SSSR count). The van der Waals surface area contributed by atoms with Crippen LogP contribution in [0.5, 0.6) is 0 Å². The minimum atomic E-state index is -0.715. The molecule has 2 heterocycles. The molecule has 0 spiro atoms. The van der Waals surface area contributed by atoms with E-state index in [4.69, 9.17) is 18.6 Å². The molecule has 2 atom stereocenters. The minimum Gasteiger partial charge on any atom is -0.461 e. The second kappa shape index (κ2) is 14.2. The van der Waals surface area contributed by atoms with Gasteiger partial charge in [0.15, 0.2) is 5.60 Å². The summed E-state index contributed by atoms with van der Waals surface area (Å²) in [4.78, 5) is 26.1. The molecule has 1 aliphatic heterocycles. The average molecular weight is 621 g/mol. The van der Waals surface area contributed by atoms with Crippen molar-refractivity contribution in [3.05, 3.63) is 48.5 Å². The third kappa shape index (κ3) is 6.34. The third-order valence-electron chi connectivity index (χ3n) is 12.4. The van der Waals surface area contributed by atoms with Crippen LogP contribution in [0.25, 0.3) is 0 Å². The molecule has 0 radical (unpaired) electrons. The molecule has 4 aliphatic carbocycles. The van der Waals surface area contributed by atoms with Crippen molar-refractivity contribution in [1.29, 1.82) is 0 Å². The number of hydrogen-bond acceptors (Lipinski definition) is 6. The van der Waals surface area contributed by atoms with Gasteiger partial charge in [-0.15, -0.1) is 0 Å². The first kappa shape index (κ1) is 32.6. The Balaban J connectivity index is 1.26. The molecule has 4 saturated carbocycles. The van der Waals surface area contributed by atoms with Gasteiger partial charge in [0.2, 0.25) is 0 Å². The smallest absolute Gasteiger partial charge is 0.334 e. The first-order valence-electron chi connectivity index (χ1n) is 18.3. The molecule has 0 amide bonds. The molecule has 1 aromatic heterocycles. The van der Waals surface area contributed by atoms with Crippen LogP contribution < -0.4 is 0 Å². The van der Waals surface area contributed by atoms with Crippen molar-refractivity contribution in [1.82, 2.24) is 0 Å². The fourth-order valence-corrected chi connectivity index (χ4v) is 10.3. The van der Waals surface area contributed by atoms with Gasteiger partial charge in [-0.1, -0.05) is 58.1 Å². The van der Waals surface area contributed by atoms with Gasteiger partial charge in [0.1, 0.15) is 17.1 Å². The van der Waals surface area contributed by atoms with E-state index in [1.54, 1.807) is 6.92 Å². The van der Waals surface area contributed by atoms with Gasteiger partial charge >= 0.3 is 11.9 Å². The van der Waals surface area contributed by atoms with E-state index in [1.165, 1.54) is 51.0 Å². The molecule has 5 aliphatic rings. The normalized spacial score (nSPS) is 28.5. The topological polar surface area (TPSA) is 75.0 Å². The predicted octanol–water partition coefficient (Wildman–Crippen LogP) is 9.48. The highest BCUT2D eigenvalue weighted by molar-refractivity contribution is 5.87. The molecule has 1 saturated heterocycles. The lowest BCUT2D eigenvalue weighted by Gasteiger charge is -2.51. The molecular weight excluding hydrogens is 564 g/mol. The van der Waals surface area contributed by atoms with Gasteiger partial charge < -0.3 is 18.6 Å². The van der Waals surface area contributed by atoms with Gasteiger partial charge in [0.05, 0.1) is 6.10 Å². The Kier molecular flexibility index (Phi) is 10.3. The van der Waals surface area contributed by atoms with Crippen LogP contribution in [0.3, 0.4) is 0 Å². The number of esters is 2. The van der Waals surface area contributed by atoms with E-state index < -0.39 is 11.2 Å². The van der Waals surface area contributed by atoms with E-state index in [9.17, 15) is 9.59 Å². The van der Waals surface area contributed by atoms with Crippen LogP contribution in [0, 0.1) is 23.7 Å². The summed E-state index contributed by atoms with van der Waals surface area (Å²) in [7, 11) is 0. The summed E-state index contributed by atoms with van der Waals surface area (Å²) in [5.74, 6) is 2.69. The minimum absolute atomic E-state index is 0.0392. The number of furan rings is 1. The van der Waals surface area contributed by atoms with Crippen molar-refractivity contribution >= 4 is 11.9 Å². The van der Waals surface area contributed by atoms with Gasteiger partial charge in [0.25, 0.3) is 0 Å². The molecule has 1 aromatic rings. The van der Waals surface area contributed by atoms with Crippen LogP contribution in [0.2, 0.25) is 0 Å². The Morgan fingerprint density at radius 1 is 0.756 bits per heavy atom. The zero-order valence-electron chi connectivity index (χ0n) is 27.7. The van der Waals surface area contributed by atoms with Crippen molar-refractivity contribution in [3.8, 4) is 0 Å². The second-order valence-electron chi connectivity index (χ2n) is 15.0. The first-order chi connectivity index (χ1) is 21.9. The SMILES string of the molecule is C=CC(=O)OC(C1CCCCC1)(C1CCC(c2ccc(C(OC(=O)C(=C)C)(C3CCCC3)C3CCCC3)o2)CC1)C1CCCO1. The number of rotatable bonds is 11. The summed E-state index contributed by atoms with van der Waals surface area (Å²) in [6.45, 7) is 10.2. The quantitative estimate of drug-likeness (QED) is 0.181. The van der Waals surface area contributed by atoms with Crippen molar-refractivity contribution in [2.45, 2.75) is 152 Å². The van der Waals surface area contributed by atoms with E-state index in [1.807, 2.05) is 0 Å². The fraction of sp³-hybridized carbons (Fsp3) is 0.744. The number of carbonyl (C=O) groups excluding carboxylic acids is 2. The van der Waals surface area contributed by atoms with Crippen LogP contribution in [-0.4, -0.2) is 30.3 Å². The number of ether oxygens (including phenoxy) is 3. The maximum Gasteiger partial charge on any atom is 0.334 e. The lowest BCUT2D eigenvalue weighted by atomic mass is 9.62. The maximum absolute atomic E-state index is 13.2. The highest BCUT2D eigenvalue weighted by Crippen LogP contribution is 2.55. The highest BCUT2D eigenvalue weighted by atomic mass is 16.6. The van der Waals surface area contributed by atoms with Gasteiger partial charge in [0, 0.05) is 47.8 Å². The standard InChI is InChI=1S/C39H56O6/c1-4-36(40)44-38(34-19-12-26-42-34,29-13-6-5-7-14-29)32-22-20-28(21-23-32)33-24-25-35(43-33)39(30-15-8-9-16-30,31-17-10-11-18-31)45-37(41)27(2)3/h4,24-25,28-32,34H,1-2,5-23,26H2,3H3. The molecule has 6 nitrogen and oxygen atoms in total. The summed E-state index contributed by atoms with van der Waals surface area (Å²) in [6.07, 6.45) is 22.0. The average Bonchev–Trinajstić information content (AvgIpc) is 3.90. The summed E-state index contributed by atoms with van der Waals surface area (Å²) >= 11 is 0. The van der Waals surface area contributed by atoms with Crippen molar-refractivity contribution < 1.29 is 28.2 Å². The van der Waals surface area contributed by atoms with Gasteiger partial charge in [-0.2, -0.15) is 0 Å². The maximum atomic E-state index is 13.2. The monoisotopic (exact) mass is 620 g/mol. The van der Waals surface area contributed by atoms with E-state index in [-0.39, 0.29) is 35.8 Å². The summed E-state index contributed by atoms with van der Waals surface area (Å²) in [6, 6.07) is 4.30. The largest absolute Gasteiger partial charge is 0.461 e. The van der Waals surface area contributed by atoms with E-state index in [2.05, 4.69) is 25.3 Å². The van der Waals surface area contributed by atoms with Gasteiger partial charge in [-0.3, -0.25) is 0 Å². The first-order valence-corrected chi connectivity index (χ1v) is 18.3. The van der Waals surface area contributed by atoms with Crippen LogP contribution in [0.1, 0.15) is 146 Å². The third-order valence-corrected chi connectivity index (χ3v) is 12.4. The molecule has 0 aromatic carbocycles. The molecule has 0 N–H and O–H groups in total.